The van der Waals surface area contributed by atoms with Crippen LogP contribution in [0.1, 0.15) is 17.9 Å². The Kier molecular flexibility index (Phi) is 4.27. The van der Waals surface area contributed by atoms with Crippen LogP contribution in [0.3, 0.4) is 0 Å². The average Bonchev–Trinajstić information content (AvgIpc) is 3.27. The normalized spacial score (nSPS) is 19.6. The molecular formula is C17H15Cl2NO2. The maximum absolute atomic E-state index is 12.3. The van der Waals surface area contributed by atoms with E-state index in [9.17, 15) is 4.79 Å². The maximum Gasteiger partial charge on any atom is 0.228 e. The highest BCUT2D eigenvalue weighted by molar-refractivity contribution is 6.34. The van der Waals surface area contributed by atoms with E-state index in [1.807, 2.05) is 36.4 Å². The van der Waals surface area contributed by atoms with Crippen LogP contribution in [0, 0.1) is 5.92 Å². The van der Waals surface area contributed by atoms with E-state index in [4.69, 9.17) is 27.9 Å². The molecule has 2 aromatic rings. The maximum atomic E-state index is 12.3. The molecule has 0 spiro atoms. The first kappa shape index (κ1) is 15.2. The Morgan fingerprint density at radius 3 is 2.36 bits per heavy atom. The van der Waals surface area contributed by atoms with Crippen LogP contribution >= 0.6 is 23.2 Å². The van der Waals surface area contributed by atoms with E-state index in [2.05, 4.69) is 5.32 Å². The molecule has 0 bridgehead atoms. The molecule has 5 heteroatoms. The van der Waals surface area contributed by atoms with E-state index in [1.165, 1.54) is 0 Å². The number of anilines is 1. The van der Waals surface area contributed by atoms with Crippen molar-refractivity contribution < 1.29 is 9.53 Å². The Bertz CT molecular complexity index is 680. The highest BCUT2D eigenvalue weighted by Gasteiger charge is 2.44. The van der Waals surface area contributed by atoms with E-state index in [0.29, 0.717) is 10.0 Å². The predicted molar refractivity (Wildman–Crippen MR) is 88.9 cm³/mol. The molecule has 3 nitrogen and oxygen atoms in total. The molecule has 1 N–H and O–H groups in total. The Morgan fingerprint density at radius 1 is 1.14 bits per heavy atom. The van der Waals surface area contributed by atoms with Crippen molar-refractivity contribution >= 4 is 34.8 Å². The summed E-state index contributed by atoms with van der Waals surface area (Å²) in [6, 6.07) is 12.7. The quantitative estimate of drug-likeness (QED) is 0.875. The van der Waals surface area contributed by atoms with E-state index in [0.717, 1.165) is 23.4 Å². The number of methoxy groups -OCH3 is 1. The molecule has 0 aromatic heterocycles. The second-order valence-electron chi connectivity index (χ2n) is 5.37. The number of hydrogen-bond acceptors (Lipinski definition) is 2. The molecule has 1 amide bonds. The lowest BCUT2D eigenvalue weighted by atomic mass is 10.1. The third-order valence-electron chi connectivity index (χ3n) is 3.80. The minimum Gasteiger partial charge on any atom is -0.497 e. The lowest BCUT2D eigenvalue weighted by molar-refractivity contribution is -0.117. The first-order valence-corrected chi connectivity index (χ1v) is 7.73. The number of benzene rings is 2. The van der Waals surface area contributed by atoms with Crippen molar-refractivity contribution in [1.29, 1.82) is 0 Å². The Hall–Kier alpha value is -1.71. The minimum absolute atomic E-state index is 0.0197. The summed E-state index contributed by atoms with van der Waals surface area (Å²) < 4.78 is 5.09. The van der Waals surface area contributed by atoms with Crippen molar-refractivity contribution in [1.82, 2.24) is 0 Å². The van der Waals surface area contributed by atoms with Crippen molar-refractivity contribution in [2.24, 2.45) is 5.92 Å². The summed E-state index contributed by atoms with van der Waals surface area (Å²) in [5.74, 6) is 0.938. The van der Waals surface area contributed by atoms with Gasteiger partial charge in [-0.3, -0.25) is 4.79 Å². The highest BCUT2D eigenvalue weighted by Crippen LogP contribution is 2.49. The van der Waals surface area contributed by atoms with E-state index < -0.39 is 0 Å². The lowest BCUT2D eigenvalue weighted by Gasteiger charge is -2.06. The van der Waals surface area contributed by atoms with E-state index in [-0.39, 0.29) is 17.7 Å². The number of carbonyl (C=O) groups excluding carboxylic acids is 1. The van der Waals surface area contributed by atoms with Crippen LogP contribution in [0.2, 0.25) is 10.0 Å². The molecule has 0 unspecified atom stereocenters. The highest BCUT2D eigenvalue weighted by atomic mass is 35.5. The van der Waals surface area contributed by atoms with Crippen molar-refractivity contribution in [3.8, 4) is 5.75 Å². The van der Waals surface area contributed by atoms with Gasteiger partial charge in [-0.1, -0.05) is 23.2 Å². The number of carbonyl (C=O) groups is 1. The SMILES string of the molecule is COc1ccc(NC(=O)[C@H]2C[C@H]2c2cc(Cl)cc(Cl)c2)cc1. The Balaban J connectivity index is 1.64. The van der Waals surface area contributed by atoms with E-state index in [1.54, 1.807) is 13.2 Å². The molecule has 2 aromatic carbocycles. The summed E-state index contributed by atoms with van der Waals surface area (Å²) in [5.41, 5.74) is 1.79. The van der Waals surface area contributed by atoms with Gasteiger partial charge in [-0.2, -0.15) is 0 Å². The largest absolute Gasteiger partial charge is 0.497 e. The zero-order valence-electron chi connectivity index (χ0n) is 12.0. The number of amides is 1. The summed E-state index contributed by atoms with van der Waals surface area (Å²) in [5, 5.41) is 4.12. The standard InChI is InChI=1S/C17H15Cl2NO2/c1-22-14-4-2-13(3-5-14)20-17(21)16-9-15(16)10-6-11(18)8-12(19)7-10/h2-8,15-16H,9H2,1H3,(H,20,21)/t15-,16-/m0/s1. The van der Waals surface area contributed by atoms with Crippen LogP contribution < -0.4 is 10.1 Å². The molecule has 0 saturated heterocycles. The molecule has 114 valence electrons. The second kappa shape index (κ2) is 6.19. The smallest absolute Gasteiger partial charge is 0.228 e. The van der Waals surface area contributed by atoms with Crippen LogP contribution in [0.4, 0.5) is 5.69 Å². The van der Waals surface area contributed by atoms with Gasteiger partial charge in [0.2, 0.25) is 5.91 Å². The van der Waals surface area contributed by atoms with Crippen LogP contribution in [0.5, 0.6) is 5.75 Å². The molecular weight excluding hydrogens is 321 g/mol. The van der Waals surface area contributed by atoms with Crippen molar-refractivity contribution in [2.45, 2.75) is 12.3 Å². The molecule has 22 heavy (non-hydrogen) atoms. The lowest BCUT2D eigenvalue weighted by Crippen LogP contribution is -2.14. The van der Waals surface area contributed by atoms with Gasteiger partial charge in [0.05, 0.1) is 7.11 Å². The van der Waals surface area contributed by atoms with Gasteiger partial charge in [-0.05, 0) is 60.4 Å². The number of hydrogen-bond donors (Lipinski definition) is 1. The molecule has 3 rings (SSSR count). The topological polar surface area (TPSA) is 38.3 Å². The zero-order chi connectivity index (χ0) is 15.7. The van der Waals surface area contributed by atoms with Gasteiger partial charge in [0, 0.05) is 21.7 Å². The number of halogens is 2. The fraction of sp³-hybridized carbons (Fsp3) is 0.235. The van der Waals surface area contributed by atoms with Gasteiger partial charge >= 0.3 is 0 Å². The van der Waals surface area contributed by atoms with Crippen LogP contribution in [-0.4, -0.2) is 13.0 Å². The van der Waals surface area contributed by atoms with Gasteiger partial charge in [-0.15, -0.1) is 0 Å². The molecule has 0 radical (unpaired) electrons. The van der Waals surface area contributed by atoms with Crippen molar-refractivity contribution in [3.05, 3.63) is 58.1 Å². The van der Waals surface area contributed by atoms with E-state index >= 15 is 0 Å². The van der Waals surface area contributed by atoms with Gasteiger partial charge in [0.1, 0.15) is 5.75 Å². The first-order valence-electron chi connectivity index (χ1n) is 6.98. The number of nitrogens with one attached hydrogen (secondary N) is 1. The van der Waals surface area contributed by atoms with Gasteiger partial charge < -0.3 is 10.1 Å². The minimum atomic E-state index is -0.0309. The third-order valence-corrected chi connectivity index (χ3v) is 4.23. The molecule has 1 aliphatic carbocycles. The van der Waals surface area contributed by atoms with Gasteiger partial charge in [0.25, 0.3) is 0 Å². The Morgan fingerprint density at radius 2 is 1.77 bits per heavy atom. The third kappa shape index (κ3) is 3.37. The van der Waals surface area contributed by atoms with Gasteiger partial charge in [-0.25, -0.2) is 0 Å². The molecule has 1 saturated carbocycles. The van der Waals surface area contributed by atoms with Crippen LogP contribution in [-0.2, 0) is 4.79 Å². The van der Waals surface area contributed by atoms with Crippen molar-refractivity contribution in [2.75, 3.05) is 12.4 Å². The van der Waals surface area contributed by atoms with Crippen LogP contribution in [0.15, 0.2) is 42.5 Å². The predicted octanol–water partition coefficient (Wildman–Crippen LogP) is 4.74. The first-order chi connectivity index (χ1) is 10.6. The number of ether oxygens (including phenoxy) is 1. The summed E-state index contributed by atoms with van der Waals surface area (Å²) in [7, 11) is 1.61. The van der Waals surface area contributed by atoms with Crippen LogP contribution in [0.25, 0.3) is 0 Å². The fourth-order valence-electron chi connectivity index (χ4n) is 2.55. The second-order valence-corrected chi connectivity index (χ2v) is 6.24. The summed E-state index contributed by atoms with van der Waals surface area (Å²) in [6.45, 7) is 0. The van der Waals surface area contributed by atoms with Gasteiger partial charge in [0.15, 0.2) is 0 Å². The van der Waals surface area contributed by atoms with Crippen molar-refractivity contribution in [3.63, 3.8) is 0 Å². The summed E-state index contributed by atoms with van der Waals surface area (Å²) in [4.78, 5) is 12.3. The molecule has 1 aliphatic rings. The number of rotatable bonds is 4. The summed E-state index contributed by atoms with van der Waals surface area (Å²) in [6.07, 6.45) is 0.818. The zero-order valence-corrected chi connectivity index (χ0v) is 13.5. The molecule has 0 aliphatic heterocycles. The summed E-state index contributed by atoms with van der Waals surface area (Å²) >= 11 is 12.0. The molecule has 1 fully saturated rings. The Labute approximate surface area is 139 Å². The fourth-order valence-corrected chi connectivity index (χ4v) is 3.09. The average molecular weight is 336 g/mol. The monoisotopic (exact) mass is 335 g/mol. The molecule has 0 heterocycles. The molecule has 2 atom stereocenters.